The third-order valence-corrected chi connectivity index (χ3v) is 9.37. The molecule has 1 aromatic heterocycles. The first-order chi connectivity index (χ1) is 20.0. The first kappa shape index (κ1) is 30.0. The fourth-order valence-electron chi connectivity index (χ4n) is 5.54. The van der Waals surface area contributed by atoms with Gasteiger partial charge in [-0.15, -0.1) is 0 Å². The predicted octanol–water partition coefficient (Wildman–Crippen LogP) is 3.07. The fraction of sp³-hybridized carbons (Fsp3) is 0.345. The van der Waals surface area contributed by atoms with Gasteiger partial charge < -0.3 is 14.4 Å². The number of hydrogen-bond donors (Lipinski definition) is 1. The van der Waals surface area contributed by atoms with Crippen molar-refractivity contribution in [2.45, 2.75) is 26.3 Å². The van der Waals surface area contributed by atoms with Gasteiger partial charge in [-0.1, -0.05) is 37.3 Å². The number of nitrogens with one attached hydrogen (secondary N) is 1. The van der Waals surface area contributed by atoms with Gasteiger partial charge in [0, 0.05) is 31.3 Å². The van der Waals surface area contributed by atoms with Crippen LogP contribution >= 0.6 is 0 Å². The van der Waals surface area contributed by atoms with Gasteiger partial charge in [-0.2, -0.15) is 18.2 Å². The smallest absolute Gasteiger partial charge is 0.285 e. The highest BCUT2D eigenvalue weighted by Gasteiger charge is 2.32. The summed E-state index contributed by atoms with van der Waals surface area (Å²) >= 11 is 0. The summed E-state index contributed by atoms with van der Waals surface area (Å²) in [6.07, 6.45) is 2.52. The lowest BCUT2D eigenvalue weighted by Gasteiger charge is -2.22. The molecule has 1 aliphatic heterocycles. The fourth-order valence-corrected chi connectivity index (χ4v) is 6.88. The molecule has 224 valence electrons. The first-order valence-electron chi connectivity index (χ1n) is 13.8. The van der Waals surface area contributed by atoms with E-state index < -0.39 is 26.0 Å². The molecule has 42 heavy (non-hydrogen) atoms. The summed E-state index contributed by atoms with van der Waals surface area (Å²) < 4.78 is 67.9. The van der Waals surface area contributed by atoms with Crippen molar-refractivity contribution in [1.29, 1.82) is 0 Å². The molecule has 0 spiro atoms. The maximum atomic E-state index is 12.3. The van der Waals surface area contributed by atoms with E-state index in [0.717, 1.165) is 44.8 Å². The molecule has 5 rings (SSSR count). The topological polar surface area (TPSA) is 128 Å². The average Bonchev–Trinajstić information content (AvgIpc) is 3.37. The number of hydrogen-bond acceptors (Lipinski definition) is 9. The molecule has 0 fully saturated rings. The molecule has 0 atom stereocenters. The number of rotatable bonds is 12. The quantitative estimate of drug-likeness (QED) is 0.146. The lowest BCUT2D eigenvalue weighted by molar-refractivity contribution is -0.673. The molecule has 13 heteroatoms. The van der Waals surface area contributed by atoms with Gasteiger partial charge in [0.05, 0.1) is 46.9 Å². The Kier molecular flexibility index (Phi) is 8.58. The lowest BCUT2D eigenvalue weighted by Crippen LogP contribution is -2.38. The van der Waals surface area contributed by atoms with Gasteiger partial charge in [0.2, 0.25) is 0 Å². The van der Waals surface area contributed by atoms with Crippen LogP contribution in [-0.4, -0.2) is 57.6 Å². The van der Waals surface area contributed by atoms with E-state index in [0.29, 0.717) is 26.1 Å². The summed E-state index contributed by atoms with van der Waals surface area (Å²) in [7, 11) is -4.18. The second kappa shape index (κ2) is 12.0. The van der Waals surface area contributed by atoms with E-state index in [1.54, 1.807) is 6.92 Å². The van der Waals surface area contributed by atoms with Gasteiger partial charge in [-0.05, 0) is 48.6 Å². The Morgan fingerprint density at radius 2 is 1.64 bits per heavy atom. The summed E-state index contributed by atoms with van der Waals surface area (Å²) in [6.45, 7) is 2.87. The number of nitrogens with zero attached hydrogens (tertiary/aromatic N) is 4. The molecule has 11 nitrogen and oxygen atoms in total. The second-order valence-electron chi connectivity index (χ2n) is 10.2. The number of fused-ring (bicyclic) bond motifs is 4. The first-order valence-corrected chi connectivity index (χ1v) is 17.0. The van der Waals surface area contributed by atoms with E-state index in [4.69, 9.17) is 4.28 Å². The molecule has 0 amide bonds. The van der Waals surface area contributed by atoms with Crippen molar-refractivity contribution in [2.75, 3.05) is 41.4 Å². The van der Waals surface area contributed by atoms with E-state index in [1.807, 2.05) is 74.8 Å². The van der Waals surface area contributed by atoms with Crippen LogP contribution in [0.2, 0.25) is 0 Å². The lowest BCUT2D eigenvalue weighted by atomic mass is 10.1. The van der Waals surface area contributed by atoms with Crippen molar-refractivity contribution in [1.82, 2.24) is 10.0 Å². The van der Waals surface area contributed by atoms with Crippen molar-refractivity contribution in [2.24, 2.45) is 7.05 Å². The minimum Gasteiger partial charge on any atom is -0.748 e. The highest BCUT2D eigenvalue weighted by atomic mass is 32.2. The number of benzene rings is 3. The number of anilines is 2. The van der Waals surface area contributed by atoms with E-state index in [1.165, 1.54) is 0 Å². The van der Waals surface area contributed by atoms with Crippen LogP contribution in [0, 0.1) is 0 Å². The van der Waals surface area contributed by atoms with Crippen LogP contribution in [-0.2, 0) is 38.1 Å². The zero-order valence-corrected chi connectivity index (χ0v) is 25.5. The SMILES string of the molecule is CCNOS(=O)(=O)CCCN1C(=Cc2n(C)c3ccc4ccccc4c3[n+]2CCCS(=O)(=O)[O-])N(C)c2ccccc21. The van der Waals surface area contributed by atoms with Gasteiger partial charge in [-0.3, -0.25) is 0 Å². The van der Waals surface area contributed by atoms with Crippen molar-refractivity contribution in [3.05, 3.63) is 72.3 Å². The van der Waals surface area contributed by atoms with Gasteiger partial charge in [0.15, 0.2) is 11.0 Å². The molecule has 1 aliphatic rings. The summed E-state index contributed by atoms with van der Waals surface area (Å²) in [6, 6.07) is 20.0. The third-order valence-electron chi connectivity index (χ3n) is 7.43. The number of para-hydroxylation sites is 2. The van der Waals surface area contributed by atoms with E-state index >= 15 is 0 Å². The number of aryl methyl sites for hydroxylation is 2. The average molecular weight is 614 g/mol. The molecule has 1 N–H and O–H groups in total. The Labute approximate surface area is 246 Å². The molecule has 0 saturated heterocycles. The molecule has 0 saturated carbocycles. The van der Waals surface area contributed by atoms with Crippen LogP contribution in [0.4, 0.5) is 11.4 Å². The minimum absolute atomic E-state index is 0.153. The standard InChI is InChI=1S/C29H35N5O6S2/c1-4-30-40-42(38,39)20-10-17-33-25-14-8-7-13-24(25)31(2)27(33)21-28-32(3)26-16-15-22-11-5-6-12-23(22)29(26)34(28)18-9-19-41(35,36)37/h5-8,11-16,21,30H,4,9-10,17-20H2,1-3H3. The summed E-state index contributed by atoms with van der Waals surface area (Å²) in [5.41, 5.74) is 6.24. The van der Waals surface area contributed by atoms with Gasteiger partial charge in [0.1, 0.15) is 5.82 Å². The Balaban J connectivity index is 1.60. The Hall–Kier alpha value is -3.49. The Morgan fingerprint density at radius 3 is 2.38 bits per heavy atom. The summed E-state index contributed by atoms with van der Waals surface area (Å²) in [5.74, 6) is 1.03. The molecule has 0 unspecified atom stereocenters. The van der Waals surface area contributed by atoms with E-state index in [2.05, 4.69) is 30.5 Å². The van der Waals surface area contributed by atoms with Crippen LogP contribution in [0.15, 0.2) is 66.5 Å². The molecule has 2 heterocycles. The molecular formula is C29H35N5O6S2. The van der Waals surface area contributed by atoms with Crippen LogP contribution in [0.3, 0.4) is 0 Å². The normalized spacial score (nSPS) is 14.9. The Morgan fingerprint density at radius 1 is 0.929 bits per heavy atom. The molecule has 0 radical (unpaired) electrons. The van der Waals surface area contributed by atoms with Crippen LogP contribution in [0.1, 0.15) is 25.6 Å². The molecule has 3 aromatic carbocycles. The summed E-state index contributed by atoms with van der Waals surface area (Å²) in [4.78, 5) is 4.14. The number of aromatic nitrogens is 2. The maximum Gasteiger partial charge on any atom is 0.285 e. The largest absolute Gasteiger partial charge is 0.748 e. The molecular weight excluding hydrogens is 578 g/mol. The summed E-state index contributed by atoms with van der Waals surface area (Å²) in [5, 5.41) is 2.07. The van der Waals surface area contributed by atoms with Crippen molar-refractivity contribution in [3.63, 3.8) is 0 Å². The maximum absolute atomic E-state index is 12.3. The van der Waals surface area contributed by atoms with Gasteiger partial charge in [0.25, 0.3) is 15.9 Å². The zero-order chi connectivity index (χ0) is 30.1. The van der Waals surface area contributed by atoms with Gasteiger partial charge >= 0.3 is 0 Å². The van der Waals surface area contributed by atoms with Crippen molar-refractivity contribution >= 4 is 59.5 Å². The Bertz CT molecular complexity index is 1870. The third kappa shape index (κ3) is 6.15. The number of hydroxylamine groups is 1. The predicted molar refractivity (Wildman–Crippen MR) is 163 cm³/mol. The molecule has 4 aromatic rings. The minimum atomic E-state index is -4.37. The van der Waals surface area contributed by atoms with E-state index in [9.17, 15) is 21.4 Å². The number of imidazole rings is 1. The van der Waals surface area contributed by atoms with E-state index in [-0.39, 0.29) is 12.2 Å². The van der Waals surface area contributed by atoms with Crippen LogP contribution in [0.25, 0.3) is 27.9 Å². The monoisotopic (exact) mass is 613 g/mol. The van der Waals surface area contributed by atoms with Crippen molar-refractivity contribution < 1.29 is 30.2 Å². The second-order valence-corrected chi connectivity index (χ2v) is 13.5. The molecule has 0 bridgehead atoms. The molecule has 0 aliphatic carbocycles. The zero-order valence-electron chi connectivity index (χ0n) is 23.9. The highest BCUT2D eigenvalue weighted by molar-refractivity contribution is 7.86. The highest BCUT2D eigenvalue weighted by Crippen LogP contribution is 2.41. The van der Waals surface area contributed by atoms with Crippen LogP contribution < -0.4 is 19.8 Å². The van der Waals surface area contributed by atoms with Gasteiger partial charge in [-0.25, -0.2) is 17.6 Å². The van der Waals surface area contributed by atoms with Crippen molar-refractivity contribution in [3.8, 4) is 0 Å². The van der Waals surface area contributed by atoms with Crippen LogP contribution in [0.5, 0.6) is 0 Å².